The van der Waals surface area contributed by atoms with Gasteiger partial charge in [-0.05, 0) is 63.6 Å². The van der Waals surface area contributed by atoms with E-state index >= 15 is 0 Å². The van der Waals surface area contributed by atoms with Crippen LogP contribution in [0.5, 0.6) is 0 Å². The maximum absolute atomic E-state index is 12.8. The van der Waals surface area contributed by atoms with Gasteiger partial charge in [-0.1, -0.05) is 13.8 Å². The first kappa shape index (κ1) is 15.3. The third-order valence-corrected chi connectivity index (χ3v) is 4.39. The van der Waals surface area contributed by atoms with Crippen molar-refractivity contribution in [2.24, 2.45) is 0 Å². The summed E-state index contributed by atoms with van der Waals surface area (Å²) in [5, 5.41) is 3.37. The molecule has 1 unspecified atom stereocenters. The molecule has 0 saturated carbocycles. The number of hydrogen-bond donors (Lipinski definition) is 1. The second kappa shape index (κ2) is 7.07. The number of nitrogens with zero attached hydrogens (tertiary/aromatic N) is 1. The fraction of sp³-hybridized carbons (Fsp3) is 0.706. The topological polar surface area (TPSA) is 34.0 Å². The molecule has 0 radical (unpaired) electrons. The van der Waals surface area contributed by atoms with Crippen LogP contribution in [0.1, 0.15) is 69.3 Å². The zero-order chi connectivity index (χ0) is 14.5. The number of rotatable bonds is 6. The molecule has 0 bridgehead atoms. The molecule has 0 amide bonds. The monoisotopic (exact) mass is 276 g/mol. The van der Waals surface area contributed by atoms with Crippen molar-refractivity contribution >= 4 is 0 Å². The van der Waals surface area contributed by atoms with Crippen LogP contribution < -0.4 is 10.9 Å². The molecule has 0 aliphatic heterocycles. The maximum atomic E-state index is 12.8. The zero-order valence-corrected chi connectivity index (χ0v) is 13.2. The molecule has 1 aromatic heterocycles. The third kappa shape index (κ3) is 3.14. The minimum absolute atomic E-state index is 0.226. The summed E-state index contributed by atoms with van der Waals surface area (Å²) >= 11 is 0. The Labute approximate surface area is 122 Å². The summed E-state index contributed by atoms with van der Waals surface area (Å²) in [6, 6.07) is 2.47. The average molecular weight is 276 g/mol. The Kier molecular flexibility index (Phi) is 5.41. The van der Waals surface area contributed by atoms with Crippen LogP contribution in [0.3, 0.4) is 0 Å². The number of fused-ring (bicyclic) bond motifs is 1. The van der Waals surface area contributed by atoms with Crippen LogP contribution in [0, 0.1) is 0 Å². The Morgan fingerprint density at radius 1 is 1.30 bits per heavy atom. The molecule has 1 aliphatic rings. The summed E-state index contributed by atoms with van der Waals surface area (Å²) in [6.07, 6.45) is 6.79. The number of aromatic nitrogens is 1. The zero-order valence-electron chi connectivity index (χ0n) is 13.2. The highest BCUT2D eigenvalue weighted by molar-refractivity contribution is 5.29. The summed E-state index contributed by atoms with van der Waals surface area (Å²) in [4.78, 5) is 12.8. The molecule has 3 heteroatoms. The first-order valence-corrected chi connectivity index (χ1v) is 8.15. The van der Waals surface area contributed by atoms with E-state index in [1.165, 1.54) is 24.1 Å². The molecule has 1 aromatic rings. The van der Waals surface area contributed by atoms with Gasteiger partial charge in [0.05, 0.1) is 0 Å². The lowest BCUT2D eigenvalue weighted by Crippen LogP contribution is -2.33. The summed E-state index contributed by atoms with van der Waals surface area (Å²) in [5.74, 6) is 0. The highest BCUT2D eigenvalue weighted by atomic mass is 16.1. The van der Waals surface area contributed by atoms with Crippen molar-refractivity contribution in [3.63, 3.8) is 0 Å². The van der Waals surface area contributed by atoms with Crippen molar-refractivity contribution in [3.8, 4) is 0 Å². The molecular weight excluding hydrogens is 248 g/mol. The van der Waals surface area contributed by atoms with Crippen LogP contribution in [0.4, 0.5) is 0 Å². The molecule has 1 N–H and O–H groups in total. The molecule has 20 heavy (non-hydrogen) atoms. The largest absolute Gasteiger partial charge is 0.312 e. The van der Waals surface area contributed by atoms with Crippen LogP contribution >= 0.6 is 0 Å². The van der Waals surface area contributed by atoms with Crippen molar-refractivity contribution in [1.29, 1.82) is 0 Å². The third-order valence-electron chi connectivity index (χ3n) is 4.39. The highest BCUT2D eigenvalue weighted by Crippen LogP contribution is 2.24. The summed E-state index contributed by atoms with van der Waals surface area (Å²) in [6.45, 7) is 8.15. The van der Waals surface area contributed by atoms with Gasteiger partial charge in [0.1, 0.15) is 0 Å². The minimum Gasteiger partial charge on any atom is -0.312 e. The molecule has 3 nitrogen and oxygen atoms in total. The van der Waals surface area contributed by atoms with E-state index in [9.17, 15) is 4.79 Å². The van der Waals surface area contributed by atoms with Crippen LogP contribution in [0.15, 0.2) is 10.9 Å². The first-order chi connectivity index (χ1) is 9.69. The molecule has 0 fully saturated rings. The maximum Gasteiger partial charge on any atom is 0.255 e. The van der Waals surface area contributed by atoms with E-state index < -0.39 is 0 Å². The number of aryl methyl sites for hydroxylation is 1. The Bertz CT molecular complexity index is 504. The van der Waals surface area contributed by atoms with E-state index in [0.717, 1.165) is 37.8 Å². The fourth-order valence-corrected chi connectivity index (χ4v) is 3.07. The number of hydrogen-bond acceptors (Lipinski definition) is 2. The van der Waals surface area contributed by atoms with E-state index in [2.05, 4.69) is 36.7 Å². The van der Waals surface area contributed by atoms with E-state index in [1.807, 2.05) is 0 Å². The van der Waals surface area contributed by atoms with Gasteiger partial charge < -0.3 is 9.88 Å². The van der Waals surface area contributed by atoms with Gasteiger partial charge in [-0.3, -0.25) is 4.79 Å². The Morgan fingerprint density at radius 3 is 2.75 bits per heavy atom. The van der Waals surface area contributed by atoms with Crippen LogP contribution in [-0.2, 0) is 19.4 Å². The van der Waals surface area contributed by atoms with Gasteiger partial charge in [0.25, 0.3) is 5.56 Å². The van der Waals surface area contributed by atoms with E-state index in [4.69, 9.17) is 0 Å². The summed E-state index contributed by atoms with van der Waals surface area (Å²) in [7, 11) is 0. The molecular formula is C17H28N2O. The molecule has 2 rings (SSSR count). The second-order valence-electron chi connectivity index (χ2n) is 5.96. The number of nitrogens with one attached hydrogen (secondary N) is 1. The molecule has 0 saturated heterocycles. The predicted molar refractivity (Wildman–Crippen MR) is 84.3 cm³/mol. The van der Waals surface area contributed by atoms with E-state index in [-0.39, 0.29) is 5.56 Å². The van der Waals surface area contributed by atoms with Gasteiger partial charge in [0.15, 0.2) is 0 Å². The Hall–Kier alpha value is -1.09. The van der Waals surface area contributed by atoms with Crippen LogP contribution in [0.2, 0.25) is 0 Å². The standard InChI is InChI=1S/C17H28N2O/c1-4-10-18-12-15-11-14-8-6-7-9-16(14)19(17(15)20)13(3)5-2/h11,13,18H,4-10,12H2,1-3H3. The molecule has 1 atom stereocenters. The quantitative estimate of drug-likeness (QED) is 0.810. The minimum atomic E-state index is 0.226. The van der Waals surface area contributed by atoms with Crippen molar-refractivity contribution in [2.75, 3.05) is 6.54 Å². The molecule has 112 valence electrons. The van der Waals surface area contributed by atoms with Crippen LogP contribution in [0.25, 0.3) is 0 Å². The summed E-state index contributed by atoms with van der Waals surface area (Å²) < 4.78 is 2.08. The van der Waals surface area contributed by atoms with Gasteiger partial charge in [-0.25, -0.2) is 0 Å². The highest BCUT2D eigenvalue weighted by Gasteiger charge is 2.19. The predicted octanol–water partition coefficient (Wildman–Crippen LogP) is 3.20. The second-order valence-corrected chi connectivity index (χ2v) is 5.96. The average Bonchev–Trinajstić information content (AvgIpc) is 2.47. The smallest absolute Gasteiger partial charge is 0.255 e. The normalized spacial score (nSPS) is 15.9. The van der Waals surface area contributed by atoms with Crippen molar-refractivity contribution in [1.82, 2.24) is 9.88 Å². The Balaban J connectivity index is 2.41. The van der Waals surface area contributed by atoms with Crippen LogP contribution in [-0.4, -0.2) is 11.1 Å². The fourth-order valence-electron chi connectivity index (χ4n) is 3.07. The lowest BCUT2D eigenvalue weighted by atomic mass is 9.93. The number of pyridine rings is 1. The van der Waals surface area contributed by atoms with Gasteiger partial charge >= 0.3 is 0 Å². The van der Waals surface area contributed by atoms with Crippen molar-refractivity contribution < 1.29 is 0 Å². The van der Waals surface area contributed by atoms with Gasteiger partial charge in [0.2, 0.25) is 0 Å². The summed E-state index contributed by atoms with van der Waals surface area (Å²) in [5.41, 5.74) is 3.88. The molecule has 1 aliphatic carbocycles. The molecule has 0 spiro atoms. The van der Waals surface area contributed by atoms with E-state index in [1.54, 1.807) is 0 Å². The van der Waals surface area contributed by atoms with Crippen molar-refractivity contribution in [2.45, 2.75) is 71.9 Å². The first-order valence-electron chi connectivity index (χ1n) is 8.15. The van der Waals surface area contributed by atoms with Gasteiger partial charge in [-0.15, -0.1) is 0 Å². The lowest BCUT2D eigenvalue weighted by Gasteiger charge is -2.26. The SMILES string of the molecule is CCCNCc1cc2c(n(C(C)CC)c1=O)CCCC2. The molecule has 1 heterocycles. The van der Waals surface area contributed by atoms with Gasteiger partial charge in [-0.2, -0.15) is 0 Å². The lowest BCUT2D eigenvalue weighted by molar-refractivity contribution is 0.470. The van der Waals surface area contributed by atoms with Crippen molar-refractivity contribution in [3.05, 3.63) is 33.2 Å². The Morgan fingerprint density at radius 2 is 2.05 bits per heavy atom. The molecule has 0 aromatic carbocycles. The van der Waals surface area contributed by atoms with Gasteiger partial charge in [0, 0.05) is 23.8 Å². The van der Waals surface area contributed by atoms with E-state index in [0.29, 0.717) is 12.6 Å².